The van der Waals surface area contributed by atoms with Crippen molar-refractivity contribution in [3.05, 3.63) is 214 Å². The Morgan fingerprint density at radius 3 is 1.01 bits per heavy atom. The molecule has 4 aliphatic rings. The molecule has 2 saturated heterocycles. The summed E-state index contributed by atoms with van der Waals surface area (Å²) >= 11 is 0. The van der Waals surface area contributed by atoms with Gasteiger partial charge in [-0.05, 0) is 130 Å². The predicted octanol–water partition coefficient (Wildman–Crippen LogP) is 14.6. The maximum Gasteiger partial charge on any atom is 0.338 e. The molecule has 2 fully saturated rings. The highest BCUT2D eigenvalue weighted by atomic mass is 16.5. The average molecular weight is 987 g/mol. The van der Waals surface area contributed by atoms with Gasteiger partial charge in [0.05, 0.1) is 24.3 Å². The molecule has 2 aliphatic carbocycles. The van der Waals surface area contributed by atoms with E-state index in [1.807, 2.05) is 72.8 Å². The van der Waals surface area contributed by atoms with Crippen LogP contribution in [0.2, 0.25) is 0 Å². The number of fused-ring (bicyclic) bond motifs is 2. The van der Waals surface area contributed by atoms with Gasteiger partial charge in [0.2, 0.25) is 0 Å². The summed E-state index contributed by atoms with van der Waals surface area (Å²) in [4.78, 5) is 31.4. The molecule has 2 heterocycles. The molecule has 4 unspecified atom stereocenters. The Balaban J connectivity index is 0.903. The number of unbranched alkanes of at least 4 members (excludes halogenated alkanes) is 6. The fourth-order valence-corrected chi connectivity index (χ4v) is 10.6. The molecule has 8 nitrogen and oxygen atoms in total. The molecule has 380 valence electrons. The van der Waals surface area contributed by atoms with Crippen molar-refractivity contribution in [2.45, 2.75) is 78.4 Å². The van der Waals surface area contributed by atoms with Crippen molar-refractivity contribution in [3.63, 3.8) is 0 Å². The zero-order chi connectivity index (χ0) is 50.6. The Kier molecular flexibility index (Phi) is 16.4. The summed E-state index contributed by atoms with van der Waals surface area (Å²) in [5.41, 5.74) is 11.2. The molecule has 0 amide bonds. The molecule has 0 aromatic heterocycles. The topological polar surface area (TPSA) is 77.5 Å². The molecule has 0 radical (unpaired) electrons. The molecule has 74 heavy (non-hydrogen) atoms. The minimum Gasteiger partial charge on any atom is -0.494 e. The Bertz CT molecular complexity index is 2680. The lowest BCUT2D eigenvalue weighted by Gasteiger charge is -2.20. The summed E-state index contributed by atoms with van der Waals surface area (Å²) in [6.07, 6.45) is 18.3. The standard InChI is InChI=1S/C66H70N2O6/c1-3-5-7-9-39-71-61-35-27-51(28-36-61)63(49-15-11-47(12-16-49)45-73-65(69)53-23-31-59(32-24-53)67-41-55-19-20-56(55)42-67)64(52-29-37-62(38-30-52)72-40-10-8-6-4-2)50-17-13-48(14-18-50)46-74-66(70)54-25-33-60(34-26-54)68-43-57-21-22-58(57)44-68/h11-38,55-58H,3-10,39-46H2,1-2H3/b64-63+. The first-order valence-electron chi connectivity index (χ1n) is 27.2. The third kappa shape index (κ3) is 12.2. The van der Waals surface area contributed by atoms with Crippen LogP contribution in [-0.4, -0.2) is 51.3 Å². The lowest BCUT2D eigenvalue weighted by Crippen LogP contribution is -2.19. The van der Waals surface area contributed by atoms with E-state index in [0.717, 1.165) is 119 Å². The quantitative estimate of drug-likeness (QED) is 0.0257. The van der Waals surface area contributed by atoms with Gasteiger partial charge in [-0.2, -0.15) is 0 Å². The first-order chi connectivity index (χ1) is 36.4. The lowest BCUT2D eigenvalue weighted by atomic mass is 9.85. The molecule has 6 aromatic rings. The second-order valence-electron chi connectivity index (χ2n) is 20.5. The number of carbonyl (C=O) groups excluding carboxylic acids is 2. The van der Waals surface area contributed by atoms with E-state index in [9.17, 15) is 9.59 Å². The van der Waals surface area contributed by atoms with E-state index in [4.69, 9.17) is 18.9 Å². The zero-order valence-corrected chi connectivity index (χ0v) is 43.1. The van der Waals surface area contributed by atoms with Crippen molar-refractivity contribution < 1.29 is 28.5 Å². The third-order valence-corrected chi connectivity index (χ3v) is 15.3. The van der Waals surface area contributed by atoms with Crippen LogP contribution in [0.15, 0.2) is 170 Å². The van der Waals surface area contributed by atoms with E-state index in [1.54, 1.807) is 0 Å². The van der Waals surface area contributed by atoms with Crippen LogP contribution < -0.4 is 19.3 Å². The minimum atomic E-state index is -0.345. The van der Waals surface area contributed by atoms with Crippen LogP contribution in [0, 0.1) is 23.7 Å². The largest absolute Gasteiger partial charge is 0.494 e. The van der Waals surface area contributed by atoms with Gasteiger partial charge in [0.15, 0.2) is 0 Å². The number of esters is 2. The lowest BCUT2D eigenvalue weighted by molar-refractivity contribution is 0.0464. The first kappa shape index (κ1) is 50.2. The van der Waals surface area contributed by atoms with Crippen molar-refractivity contribution >= 4 is 34.5 Å². The van der Waals surface area contributed by atoms with Gasteiger partial charge in [-0.15, -0.1) is 0 Å². The number of benzene rings is 6. The summed E-state index contributed by atoms with van der Waals surface area (Å²) in [7, 11) is 0. The van der Waals surface area contributed by atoms with E-state index in [1.165, 1.54) is 25.7 Å². The van der Waals surface area contributed by atoms with Crippen LogP contribution in [0.25, 0.3) is 11.1 Å². The summed E-state index contributed by atoms with van der Waals surface area (Å²) in [6.45, 7) is 10.2. The van der Waals surface area contributed by atoms with Gasteiger partial charge in [-0.25, -0.2) is 9.59 Å². The monoisotopic (exact) mass is 987 g/mol. The second-order valence-corrected chi connectivity index (χ2v) is 20.5. The van der Waals surface area contributed by atoms with E-state index in [2.05, 4.69) is 121 Å². The fourth-order valence-electron chi connectivity index (χ4n) is 10.6. The summed E-state index contributed by atoms with van der Waals surface area (Å²) < 4.78 is 24.2. The molecule has 6 aromatic carbocycles. The van der Waals surface area contributed by atoms with Crippen molar-refractivity contribution in [1.82, 2.24) is 0 Å². The molecule has 0 N–H and O–H groups in total. The number of ether oxygens (including phenoxy) is 4. The Labute approximate surface area is 438 Å². The van der Waals surface area contributed by atoms with E-state index in [-0.39, 0.29) is 25.2 Å². The van der Waals surface area contributed by atoms with Crippen molar-refractivity contribution in [1.29, 1.82) is 0 Å². The van der Waals surface area contributed by atoms with Gasteiger partial charge in [0.1, 0.15) is 24.7 Å². The highest BCUT2D eigenvalue weighted by Gasteiger charge is 2.35. The molecule has 0 saturated carbocycles. The minimum absolute atomic E-state index is 0.146. The molecular formula is C66H70N2O6. The van der Waals surface area contributed by atoms with Gasteiger partial charge < -0.3 is 28.7 Å². The molecule has 0 bridgehead atoms. The number of carbonyl (C=O) groups is 2. The number of nitrogens with zero attached hydrogens (tertiary/aromatic N) is 2. The Morgan fingerprint density at radius 2 is 0.703 bits per heavy atom. The van der Waals surface area contributed by atoms with Gasteiger partial charge >= 0.3 is 11.9 Å². The molecule has 10 rings (SSSR count). The summed E-state index contributed by atoms with van der Waals surface area (Å²) in [5.74, 6) is 3.56. The number of anilines is 2. The Hall–Kier alpha value is -7.32. The smallest absolute Gasteiger partial charge is 0.338 e. The normalized spacial score (nSPS) is 18.5. The molecule has 4 atom stereocenters. The average Bonchev–Trinajstić information content (AvgIpc) is 3.90. The van der Waals surface area contributed by atoms with E-state index >= 15 is 0 Å². The van der Waals surface area contributed by atoms with Crippen LogP contribution in [-0.2, 0) is 22.7 Å². The summed E-state index contributed by atoms with van der Waals surface area (Å²) in [6, 6.07) is 49.0. The van der Waals surface area contributed by atoms with E-state index in [0.29, 0.717) is 48.0 Å². The van der Waals surface area contributed by atoms with Gasteiger partial charge in [-0.1, -0.05) is 149 Å². The van der Waals surface area contributed by atoms with Gasteiger partial charge in [-0.3, -0.25) is 0 Å². The number of hydrogen-bond acceptors (Lipinski definition) is 8. The van der Waals surface area contributed by atoms with Crippen LogP contribution in [0.4, 0.5) is 11.4 Å². The van der Waals surface area contributed by atoms with Gasteiger partial charge in [0.25, 0.3) is 0 Å². The molecule has 2 aliphatic heterocycles. The highest BCUT2D eigenvalue weighted by molar-refractivity contribution is 6.04. The number of hydrogen-bond donors (Lipinski definition) is 0. The molecule has 8 heteroatoms. The van der Waals surface area contributed by atoms with Crippen molar-refractivity contribution in [2.75, 3.05) is 49.2 Å². The highest BCUT2D eigenvalue weighted by Crippen LogP contribution is 2.40. The van der Waals surface area contributed by atoms with E-state index < -0.39 is 0 Å². The van der Waals surface area contributed by atoms with Crippen molar-refractivity contribution in [2.24, 2.45) is 23.7 Å². The SMILES string of the molecule is CCCCCCOc1ccc(/C(=C(\c2ccc(COC(=O)c3ccc(N4CC5C=CC5C4)cc3)cc2)c2ccc(OCCCCCC)cc2)c2ccc(COC(=O)c3ccc(N4CC5C=CC5C4)cc3)cc2)cc1. The molecule has 0 spiro atoms. The maximum absolute atomic E-state index is 13.3. The fraction of sp³-hybridized carbons (Fsp3) is 0.333. The van der Waals surface area contributed by atoms with Crippen LogP contribution in [0.5, 0.6) is 11.5 Å². The summed E-state index contributed by atoms with van der Waals surface area (Å²) in [5, 5.41) is 0. The first-order valence-corrected chi connectivity index (χ1v) is 27.2. The second kappa shape index (κ2) is 24.1. The zero-order valence-electron chi connectivity index (χ0n) is 43.1. The predicted molar refractivity (Wildman–Crippen MR) is 298 cm³/mol. The Morgan fingerprint density at radius 1 is 0.392 bits per heavy atom. The van der Waals surface area contributed by atoms with Crippen molar-refractivity contribution in [3.8, 4) is 11.5 Å². The van der Waals surface area contributed by atoms with Crippen LogP contribution in [0.3, 0.4) is 0 Å². The third-order valence-electron chi connectivity index (χ3n) is 15.3. The molecular weight excluding hydrogens is 917 g/mol. The maximum atomic E-state index is 13.3. The number of rotatable bonds is 24. The van der Waals surface area contributed by atoms with Crippen LogP contribution in [0.1, 0.15) is 119 Å². The van der Waals surface area contributed by atoms with Crippen LogP contribution >= 0.6 is 0 Å². The van der Waals surface area contributed by atoms with Gasteiger partial charge in [0, 0.05) is 61.2 Å².